The van der Waals surface area contributed by atoms with Crippen LogP contribution in [0.4, 0.5) is 10.1 Å². The maximum Gasteiger partial charge on any atom is 0.144 e. The molecule has 0 heterocycles. The zero-order chi connectivity index (χ0) is 16.9. The van der Waals surface area contributed by atoms with E-state index in [4.69, 9.17) is 4.74 Å². The van der Waals surface area contributed by atoms with E-state index in [1.54, 1.807) is 6.07 Å². The number of ether oxygens (including phenoxy) is 1. The normalized spacial score (nSPS) is 19.9. The summed E-state index contributed by atoms with van der Waals surface area (Å²) in [6.07, 6.45) is 3.01. The molecule has 0 aliphatic heterocycles. The monoisotopic (exact) mass is 388 g/mol. The molecule has 0 unspecified atom stereocenters. The first-order chi connectivity index (χ1) is 11.7. The van der Waals surface area contributed by atoms with E-state index in [2.05, 4.69) is 21.2 Å². The van der Waals surface area contributed by atoms with Crippen molar-refractivity contribution in [1.29, 1.82) is 5.26 Å². The molecule has 0 bridgehead atoms. The summed E-state index contributed by atoms with van der Waals surface area (Å²) in [5.74, 6) is -0.519. The van der Waals surface area contributed by atoms with Gasteiger partial charge in [0, 0.05) is 4.47 Å². The van der Waals surface area contributed by atoms with Crippen LogP contribution in [0.25, 0.3) is 0 Å². The summed E-state index contributed by atoms with van der Waals surface area (Å²) >= 11 is 3.28. The Labute approximate surface area is 149 Å². The average molecular weight is 389 g/mol. The first kappa shape index (κ1) is 16.9. The zero-order valence-corrected chi connectivity index (χ0v) is 14.7. The molecule has 3 nitrogen and oxygen atoms in total. The van der Waals surface area contributed by atoms with Crippen LogP contribution < -0.4 is 5.32 Å². The fourth-order valence-corrected chi connectivity index (χ4v) is 3.50. The molecule has 1 aliphatic carbocycles. The van der Waals surface area contributed by atoms with Gasteiger partial charge in [-0.15, -0.1) is 0 Å². The largest absolute Gasteiger partial charge is 0.379 e. The number of nitriles is 1. The van der Waals surface area contributed by atoms with Gasteiger partial charge in [0.05, 0.1) is 24.4 Å². The lowest BCUT2D eigenvalue weighted by molar-refractivity contribution is 0.0394. The third-order valence-electron chi connectivity index (χ3n) is 4.27. The van der Waals surface area contributed by atoms with Gasteiger partial charge < -0.3 is 10.1 Å². The second-order valence-corrected chi connectivity index (χ2v) is 6.85. The molecule has 0 aromatic heterocycles. The van der Waals surface area contributed by atoms with E-state index < -0.39 is 5.82 Å². The Hall–Kier alpha value is -1.90. The smallest absolute Gasteiger partial charge is 0.144 e. The Morgan fingerprint density at radius 2 is 2.04 bits per heavy atom. The SMILES string of the molecule is N#Cc1c(F)cc(Br)cc1N[C@H]1CCC[C@@H]1OCc1ccccc1. The number of hydrogen-bond donors (Lipinski definition) is 1. The summed E-state index contributed by atoms with van der Waals surface area (Å²) in [6.45, 7) is 0.557. The van der Waals surface area contributed by atoms with E-state index in [9.17, 15) is 9.65 Å². The first-order valence-electron chi connectivity index (χ1n) is 7.98. The van der Waals surface area contributed by atoms with Crippen molar-refractivity contribution < 1.29 is 9.13 Å². The van der Waals surface area contributed by atoms with Crippen LogP contribution in [0.3, 0.4) is 0 Å². The number of hydrogen-bond acceptors (Lipinski definition) is 3. The van der Waals surface area contributed by atoms with Crippen molar-refractivity contribution in [2.75, 3.05) is 5.32 Å². The quantitative estimate of drug-likeness (QED) is 0.782. The number of rotatable bonds is 5. The Balaban J connectivity index is 1.69. The summed E-state index contributed by atoms with van der Waals surface area (Å²) in [5, 5.41) is 12.5. The van der Waals surface area contributed by atoms with Crippen LogP contribution in [0.2, 0.25) is 0 Å². The van der Waals surface area contributed by atoms with Gasteiger partial charge in [-0.25, -0.2) is 4.39 Å². The van der Waals surface area contributed by atoms with Gasteiger partial charge in [-0.1, -0.05) is 46.3 Å². The molecule has 1 saturated carbocycles. The lowest BCUT2D eigenvalue weighted by Gasteiger charge is -2.23. The van der Waals surface area contributed by atoms with Gasteiger partial charge in [-0.2, -0.15) is 5.26 Å². The van der Waals surface area contributed by atoms with Crippen LogP contribution in [0.1, 0.15) is 30.4 Å². The number of halogens is 2. The molecule has 124 valence electrons. The highest BCUT2D eigenvalue weighted by atomic mass is 79.9. The van der Waals surface area contributed by atoms with Crippen molar-refractivity contribution in [3.63, 3.8) is 0 Å². The van der Waals surface area contributed by atoms with Gasteiger partial charge in [0.1, 0.15) is 17.4 Å². The molecule has 1 N–H and O–H groups in total. The standard InChI is InChI=1S/C19H18BrFN2O/c20-14-9-16(21)15(11-22)18(10-14)23-17-7-4-8-19(17)24-12-13-5-2-1-3-6-13/h1-3,5-6,9-10,17,19,23H,4,7-8,12H2/t17-,19-/m0/s1. The number of benzene rings is 2. The molecule has 2 aromatic carbocycles. The van der Waals surface area contributed by atoms with E-state index in [-0.39, 0.29) is 17.7 Å². The van der Waals surface area contributed by atoms with Crippen molar-refractivity contribution in [3.05, 3.63) is 63.9 Å². The van der Waals surface area contributed by atoms with Crippen molar-refractivity contribution in [2.24, 2.45) is 0 Å². The molecule has 0 amide bonds. The molecule has 2 atom stereocenters. The van der Waals surface area contributed by atoms with Crippen molar-refractivity contribution >= 4 is 21.6 Å². The third-order valence-corrected chi connectivity index (χ3v) is 4.72. The molecule has 1 aliphatic rings. The summed E-state index contributed by atoms with van der Waals surface area (Å²) in [4.78, 5) is 0. The van der Waals surface area contributed by atoms with E-state index in [0.717, 1.165) is 24.8 Å². The Morgan fingerprint density at radius 3 is 2.79 bits per heavy atom. The predicted molar refractivity (Wildman–Crippen MR) is 95.1 cm³/mol. The highest BCUT2D eigenvalue weighted by molar-refractivity contribution is 9.10. The Bertz CT molecular complexity index is 745. The molecule has 24 heavy (non-hydrogen) atoms. The lowest BCUT2D eigenvalue weighted by Crippen LogP contribution is -2.31. The van der Waals surface area contributed by atoms with Gasteiger partial charge >= 0.3 is 0 Å². The van der Waals surface area contributed by atoms with Gasteiger partial charge in [-0.3, -0.25) is 0 Å². The number of nitrogens with one attached hydrogen (secondary N) is 1. The second-order valence-electron chi connectivity index (χ2n) is 5.94. The van der Waals surface area contributed by atoms with Gasteiger partial charge in [-0.05, 0) is 37.0 Å². The highest BCUT2D eigenvalue weighted by Crippen LogP contribution is 2.30. The fourth-order valence-electron chi connectivity index (χ4n) is 3.07. The average Bonchev–Trinajstić information content (AvgIpc) is 3.01. The Kier molecular flexibility index (Phi) is 5.49. The van der Waals surface area contributed by atoms with Crippen LogP contribution in [-0.4, -0.2) is 12.1 Å². The van der Waals surface area contributed by atoms with E-state index in [0.29, 0.717) is 16.8 Å². The highest BCUT2D eigenvalue weighted by Gasteiger charge is 2.29. The van der Waals surface area contributed by atoms with E-state index in [1.165, 1.54) is 6.07 Å². The molecule has 2 aromatic rings. The summed E-state index contributed by atoms with van der Waals surface area (Å²) in [6, 6.07) is 15.1. The number of anilines is 1. The van der Waals surface area contributed by atoms with Crippen LogP contribution in [-0.2, 0) is 11.3 Å². The van der Waals surface area contributed by atoms with Crippen LogP contribution in [0.5, 0.6) is 0 Å². The third kappa shape index (κ3) is 3.95. The molecule has 5 heteroatoms. The first-order valence-corrected chi connectivity index (χ1v) is 8.78. The zero-order valence-electron chi connectivity index (χ0n) is 13.1. The fraction of sp³-hybridized carbons (Fsp3) is 0.316. The molecule has 0 radical (unpaired) electrons. The van der Waals surface area contributed by atoms with Gasteiger partial charge in [0.25, 0.3) is 0 Å². The summed E-state index contributed by atoms with van der Waals surface area (Å²) in [7, 11) is 0. The summed E-state index contributed by atoms with van der Waals surface area (Å²) < 4.78 is 20.6. The topological polar surface area (TPSA) is 45.0 Å². The second kappa shape index (κ2) is 7.78. The molecule has 0 spiro atoms. The maximum absolute atomic E-state index is 13.9. The molecule has 3 rings (SSSR count). The molecular formula is C19H18BrFN2O. The van der Waals surface area contributed by atoms with Crippen molar-refractivity contribution in [3.8, 4) is 6.07 Å². The minimum absolute atomic E-state index is 0.0481. The van der Waals surface area contributed by atoms with Gasteiger partial charge in [0.15, 0.2) is 0 Å². The van der Waals surface area contributed by atoms with Crippen LogP contribution in [0.15, 0.2) is 46.9 Å². The Morgan fingerprint density at radius 1 is 1.25 bits per heavy atom. The van der Waals surface area contributed by atoms with Crippen LogP contribution >= 0.6 is 15.9 Å². The molecule has 1 fully saturated rings. The molecular weight excluding hydrogens is 371 g/mol. The van der Waals surface area contributed by atoms with Crippen molar-refractivity contribution in [1.82, 2.24) is 0 Å². The van der Waals surface area contributed by atoms with Gasteiger partial charge in [0.2, 0.25) is 0 Å². The minimum atomic E-state index is -0.519. The van der Waals surface area contributed by atoms with Crippen LogP contribution in [0, 0.1) is 17.1 Å². The predicted octanol–water partition coefficient (Wildman–Crippen LogP) is 5.01. The van der Waals surface area contributed by atoms with E-state index >= 15 is 0 Å². The summed E-state index contributed by atoms with van der Waals surface area (Å²) in [5.41, 5.74) is 1.70. The maximum atomic E-state index is 13.9. The number of nitrogens with zero attached hydrogens (tertiary/aromatic N) is 1. The molecule has 0 saturated heterocycles. The minimum Gasteiger partial charge on any atom is -0.379 e. The van der Waals surface area contributed by atoms with E-state index in [1.807, 2.05) is 36.4 Å². The van der Waals surface area contributed by atoms with Crippen molar-refractivity contribution in [2.45, 2.75) is 38.0 Å². The lowest BCUT2D eigenvalue weighted by atomic mass is 10.1.